The van der Waals surface area contributed by atoms with Crippen molar-refractivity contribution in [3.8, 4) is 0 Å². The molecular formula is C23H29N5O4. The highest BCUT2D eigenvalue weighted by Crippen LogP contribution is 2.31. The number of hydrogen-bond acceptors (Lipinski definition) is 5. The van der Waals surface area contributed by atoms with Crippen LogP contribution in [0.15, 0.2) is 40.1 Å². The average Bonchev–Trinajstić information content (AvgIpc) is 3.06. The Morgan fingerprint density at radius 3 is 2.81 bits per heavy atom. The first-order chi connectivity index (χ1) is 15.2. The molecule has 1 saturated heterocycles. The second-order valence-electron chi connectivity index (χ2n) is 8.84. The van der Waals surface area contributed by atoms with Gasteiger partial charge >= 0.3 is 5.69 Å². The molecule has 2 atom stereocenters. The van der Waals surface area contributed by atoms with Crippen LogP contribution in [-0.2, 0) is 11.3 Å². The molecule has 1 aliphatic heterocycles. The lowest BCUT2D eigenvalue weighted by atomic mass is 9.88. The highest BCUT2D eigenvalue weighted by molar-refractivity contribution is 5.77. The molecule has 1 fully saturated rings. The van der Waals surface area contributed by atoms with Gasteiger partial charge in [-0.1, -0.05) is 12.1 Å². The highest BCUT2D eigenvalue weighted by atomic mass is 16.3. The van der Waals surface area contributed by atoms with E-state index < -0.39 is 22.9 Å². The third kappa shape index (κ3) is 4.12. The lowest BCUT2D eigenvalue weighted by Crippen LogP contribution is -2.55. The maximum atomic E-state index is 12.9. The molecule has 1 aromatic carbocycles. The van der Waals surface area contributed by atoms with E-state index in [1.54, 1.807) is 18.7 Å². The fourth-order valence-corrected chi connectivity index (χ4v) is 4.48. The van der Waals surface area contributed by atoms with E-state index in [4.69, 9.17) is 0 Å². The quantitative estimate of drug-likeness (QED) is 0.626. The molecule has 0 spiro atoms. The maximum absolute atomic E-state index is 12.9. The van der Waals surface area contributed by atoms with Gasteiger partial charge in [0.25, 0.3) is 5.56 Å². The Hall–Kier alpha value is -3.20. The SMILES string of the molecule is Cc1cn([C@@H]2CN(C(=O)CCCn3c(C)nc4ccccc43)CC[C@@]2(C)O)c(=O)[nH]c1=O. The summed E-state index contributed by atoms with van der Waals surface area (Å²) in [5.41, 5.74) is 0.183. The molecule has 4 rings (SSSR count). The van der Waals surface area contributed by atoms with Crippen LogP contribution >= 0.6 is 0 Å². The van der Waals surface area contributed by atoms with E-state index in [-0.39, 0.29) is 12.5 Å². The van der Waals surface area contributed by atoms with Crippen molar-refractivity contribution in [2.24, 2.45) is 0 Å². The number of H-pyrrole nitrogens is 1. The smallest absolute Gasteiger partial charge is 0.328 e. The molecule has 9 heteroatoms. The van der Waals surface area contributed by atoms with Crippen LogP contribution in [0.25, 0.3) is 11.0 Å². The predicted octanol–water partition coefficient (Wildman–Crippen LogP) is 1.51. The Bertz CT molecular complexity index is 1270. The summed E-state index contributed by atoms with van der Waals surface area (Å²) in [6, 6.07) is 7.30. The molecule has 0 radical (unpaired) electrons. The van der Waals surface area contributed by atoms with Crippen molar-refractivity contribution < 1.29 is 9.90 Å². The van der Waals surface area contributed by atoms with Gasteiger partial charge in [-0.25, -0.2) is 9.78 Å². The second kappa shape index (κ2) is 8.38. The Morgan fingerprint density at radius 2 is 2.03 bits per heavy atom. The van der Waals surface area contributed by atoms with Crippen LogP contribution in [0.5, 0.6) is 0 Å². The molecule has 0 unspecified atom stereocenters. The van der Waals surface area contributed by atoms with Crippen molar-refractivity contribution in [1.82, 2.24) is 24.0 Å². The van der Waals surface area contributed by atoms with Gasteiger partial charge < -0.3 is 14.6 Å². The molecule has 170 valence electrons. The number of likely N-dealkylation sites (tertiary alicyclic amines) is 1. The summed E-state index contributed by atoms with van der Waals surface area (Å²) in [6.45, 7) is 6.56. The van der Waals surface area contributed by atoms with Crippen molar-refractivity contribution in [2.45, 2.75) is 58.2 Å². The number of aromatic amines is 1. The number of fused-ring (bicyclic) bond motifs is 1. The van der Waals surface area contributed by atoms with Crippen molar-refractivity contribution in [2.75, 3.05) is 13.1 Å². The topological polar surface area (TPSA) is 113 Å². The highest BCUT2D eigenvalue weighted by Gasteiger charge is 2.40. The first kappa shape index (κ1) is 22.0. The zero-order valence-corrected chi connectivity index (χ0v) is 18.7. The number of aliphatic hydroxyl groups is 1. The van der Waals surface area contributed by atoms with Gasteiger partial charge in [0.05, 0.1) is 22.7 Å². The van der Waals surface area contributed by atoms with E-state index in [9.17, 15) is 19.5 Å². The van der Waals surface area contributed by atoms with Gasteiger partial charge in [0.2, 0.25) is 5.91 Å². The van der Waals surface area contributed by atoms with Gasteiger partial charge in [-0.05, 0) is 45.7 Å². The number of para-hydroxylation sites is 2. The van der Waals surface area contributed by atoms with Gasteiger partial charge in [0, 0.05) is 37.8 Å². The number of hydrogen-bond donors (Lipinski definition) is 2. The number of carbonyl (C=O) groups excluding carboxylic acids is 1. The third-order valence-corrected chi connectivity index (χ3v) is 6.45. The summed E-state index contributed by atoms with van der Waals surface area (Å²) in [4.78, 5) is 45.6. The molecule has 0 saturated carbocycles. The van der Waals surface area contributed by atoms with Gasteiger partial charge in [0.15, 0.2) is 0 Å². The predicted molar refractivity (Wildman–Crippen MR) is 121 cm³/mol. The maximum Gasteiger partial charge on any atom is 0.328 e. The monoisotopic (exact) mass is 439 g/mol. The van der Waals surface area contributed by atoms with E-state index in [0.29, 0.717) is 37.9 Å². The third-order valence-electron chi connectivity index (χ3n) is 6.45. The van der Waals surface area contributed by atoms with Crippen LogP contribution in [0.2, 0.25) is 0 Å². The number of piperidine rings is 1. The number of amides is 1. The van der Waals surface area contributed by atoms with Crippen LogP contribution in [0, 0.1) is 13.8 Å². The second-order valence-corrected chi connectivity index (χ2v) is 8.84. The number of benzene rings is 1. The van der Waals surface area contributed by atoms with Crippen LogP contribution in [0.4, 0.5) is 0 Å². The molecule has 2 N–H and O–H groups in total. The first-order valence-electron chi connectivity index (χ1n) is 10.9. The number of aromatic nitrogens is 4. The fourth-order valence-electron chi connectivity index (χ4n) is 4.48. The van der Waals surface area contributed by atoms with Crippen LogP contribution in [0.1, 0.15) is 43.6 Å². The Balaban J connectivity index is 1.45. The number of rotatable bonds is 5. The van der Waals surface area contributed by atoms with E-state index in [0.717, 1.165) is 16.9 Å². The lowest BCUT2D eigenvalue weighted by molar-refractivity contribution is -0.138. The van der Waals surface area contributed by atoms with Gasteiger partial charge in [-0.15, -0.1) is 0 Å². The number of aryl methyl sites for hydroxylation is 3. The van der Waals surface area contributed by atoms with Crippen molar-refractivity contribution in [1.29, 1.82) is 0 Å². The minimum atomic E-state index is -1.17. The minimum Gasteiger partial charge on any atom is -0.388 e. The van der Waals surface area contributed by atoms with E-state index in [2.05, 4.69) is 14.5 Å². The standard InChI is InChI=1S/C23H29N5O4/c1-15-13-28(22(31)25-21(15)30)19-14-26(12-10-23(19,3)32)20(29)9-6-11-27-16(2)24-17-7-4-5-8-18(17)27/h4-5,7-8,13,19,32H,6,9-12,14H2,1-3H3,(H,25,30,31)/t19-,23-/m1/s1. The molecule has 2 aromatic heterocycles. The summed E-state index contributed by atoms with van der Waals surface area (Å²) in [6.07, 6.45) is 2.83. The molecule has 0 aliphatic carbocycles. The van der Waals surface area contributed by atoms with Crippen molar-refractivity contribution in [3.05, 3.63) is 62.7 Å². The molecule has 0 bridgehead atoms. The molecule has 9 nitrogen and oxygen atoms in total. The number of nitrogens with zero attached hydrogens (tertiary/aromatic N) is 4. The molecule has 32 heavy (non-hydrogen) atoms. The lowest BCUT2D eigenvalue weighted by Gasteiger charge is -2.43. The summed E-state index contributed by atoms with van der Waals surface area (Å²) >= 11 is 0. The number of nitrogens with one attached hydrogen (secondary N) is 1. The summed E-state index contributed by atoms with van der Waals surface area (Å²) < 4.78 is 3.46. The van der Waals surface area contributed by atoms with Crippen LogP contribution < -0.4 is 11.2 Å². The van der Waals surface area contributed by atoms with Gasteiger partial charge in [-0.3, -0.25) is 19.1 Å². The fraction of sp³-hybridized carbons (Fsp3) is 0.478. The molecule has 1 amide bonds. The van der Waals surface area contributed by atoms with Gasteiger partial charge in [-0.2, -0.15) is 0 Å². The molecule has 3 heterocycles. The number of carbonyl (C=O) groups is 1. The van der Waals surface area contributed by atoms with Gasteiger partial charge in [0.1, 0.15) is 5.82 Å². The Morgan fingerprint density at radius 1 is 1.28 bits per heavy atom. The van der Waals surface area contributed by atoms with Crippen molar-refractivity contribution >= 4 is 16.9 Å². The molecule has 1 aliphatic rings. The van der Waals surface area contributed by atoms with Crippen molar-refractivity contribution in [3.63, 3.8) is 0 Å². The normalized spacial score (nSPS) is 21.2. The minimum absolute atomic E-state index is 0.0123. The van der Waals surface area contributed by atoms with E-state index >= 15 is 0 Å². The summed E-state index contributed by atoms with van der Waals surface area (Å²) in [5.74, 6) is 0.905. The van der Waals surface area contributed by atoms with E-state index in [1.165, 1.54) is 10.8 Å². The molecular weight excluding hydrogens is 410 g/mol. The number of imidazole rings is 1. The first-order valence-corrected chi connectivity index (χ1v) is 10.9. The zero-order chi connectivity index (χ0) is 23.0. The Labute approximate surface area is 185 Å². The molecule has 3 aromatic rings. The van der Waals surface area contributed by atoms with Crippen LogP contribution in [0.3, 0.4) is 0 Å². The average molecular weight is 440 g/mol. The Kier molecular flexibility index (Phi) is 5.77. The summed E-state index contributed by atoms with van der Waals surface area (Å²) in [5, 5.41) is 10.9. The zero-order valence-electron chi connectivity index (χ0n) is 18.7. The van der Waals surface area contributed by atoms with E-state index in [1.807, 2.05) is 31.2 Å². The summed E-state index contributed by atoms with van der Waals surface area (Å²) in [7, 11) is 0. The van der Waals surface area contributed by atoms with Crippen LogP contribution in [-0.4, -0.2) is 53.7 Å². The largest absolute Gasteiger partial charge is 0.388 e.